The predicted octanol–water partition coefficient (Wildman–Crippen LogP) is 2.43. The quantitative estimate of drug-likeness (QED) is 0.864. The zero-order valence-corrected chi connectivity index (χ0v) is 14.5. The zero-order chi connectivity index (χ0) is 15.9. The minimum Gasteiger partial charge on any atom is -0.306 e. The van der Waals surface area contributed by atoms with Crippen molar-refractivity contribution in [3.05, 3.63) is 28.8 Å². The fourth-order valence-electron chi connectivity index (χ4n) is 3.62. The van der Waals surface area contributed by atoms with Crippen LogP contribution in [0, 0.1) is 5.92 Å². The molecule has 0 radical (unpaired) electrons. The van der Waals surface area contributed by atoms with Crippen molar-refractivity contribution in [2.24, 2.45) is 5.92 Å². The van der Waals surface area contributed by atoms with Crippen LogP contribution in [0.4, 0.5) is 5.69 Å². The zero-order valence-electron chi connectivity index (χ0n) is 13.7. The Hall–Kier alpha value is -1.07. The number of fused-ring (bicyclic) bond motifs is 2. The van der Waals surface area contributed by atoms with E-state index in [1.165, 1.54) is 11.1 Å². The molecule has 1 N–H and O–H groups in total. The van der Waals surface area contributed by atoms with Gasteiger partial charge in [-0.3, -0.25) is 4.72 Å². The minimum absolute atomic E-state index is 0.137. The van der Waals surface area contributed by atoms with E-state index in [1.54, 1.807) is 0 Å². The van der Waals surface area contributed by atoms with Crippen LogP contribution >= 0.6 is 0 Å². The highest BCUT2D eigenvalue weighted by molar-refractivity contribution is 7.93. The number of rotatable bonds is 1. The maximum atomic E-state index is 12.6. The average molecular weight is 322 g/mol. The number of sulfonamides is 1. The molecule has 0 saturated carbocycles. The summed E-state index contributed by atoms with van der Waals surface area (Å²) in [6.07, 6.45) is 3.60. The molecule has 1 aromatic carbocycles. The first-order chi connectivity index (χ1) is 10.4. The Kier molecular flexibility index (Phi) is 4.21. The summed E-state index contributed by atoms with van der Waals surface area (Å²) in [5.74, 6) is 0.137. The van der Waals surface area contributed by atoms with Crippen LogP contribution in [0.25, 0.3) is 0 Å². The third-order valence-electron chi connectivity index (χ3n) is 5.04. The van der Waals surface area contributed by atoms with Gasteiger partial charge < -0.3 is 4.90 Å². The van der Waals surface area contributed by atoms with E-state index in [1.807, 2.05) is 13.8 Å². The van der Waals surface area contributed by atoms with Gasteiger partial charge >= 0.3 is 0 Å². The summed E-state index contributed by atoms with van der Waals surface area (Å²) in [6.45, 7) is 6.09. The molecule has 1 unspecified atom stereocenters. The lowest BCUT2D eigenvalue weighted by molar-refractivity contribution is 0.352. The van der Waals surface area contributed by atoms with E-state index in [9.17, 15) is 8.42 Å². The SMILES string of the molecule is CC(C)C1CCc2cc3c(cc2NS1(=O)=O)CCN(C)CC3. The van der Waals surface area contributed by atoms with Gasteiger partial charge in [0.2, 0.25) is 10.0 Å². The van der Waals surface area contributed by atoms with E-state index < -0.39 is 10.0 Å². The number of anilines is 1. The number of nitrogens with one attached hydrogen (secondary N) is 1. The molecule has 0 saturated heterocycles. The molecule has 1 aromatic rings. The summed E-state index contributed by atoms with van der Waals surface area (Å²) in [7, 11) is -1.13. The Morgan fingerprint density at radius 1 is 1.09 bits per heavy atom. The van der Waals surface area contributed by atoms with Crippen LogP contribution in [0.2, 0.25) is 0 Å². The fourth-order valence-corrected chi connectivity index (χ4v) is 5.41. The average Bonchev–Trinajstić information content (AvgIpc) is 2.67. The van der Waals surface area contributed by atoms with Gasteiger partial charge in [-0.1, -0.05) is 19.9 Å². The Morgan fingerprint density at radius 2 is 1.73 bits per heavy atom. The number of aryl methyl sites for hydroxylation is 1. The highest BCUT2D eigenvalue weighted by Crippen LogP contribution is 2.32. The van der Waals surface area contributed by atoms with Crippen LogP contribution < -0.4 is 4.72 Å². The van der Waals surface area contributed by atoms with Crippen LogP contribution in [-0.2, 0) is 29.3 Å². The smallest absolute Gasteiger partial charge is 0.235 e. The molecule has 2 aliphatic heterocycles. The maximum absolute atomic E-state index is 12.6. The number of likely N-dealkylation sites (N-methyl/N-ethyl adjacent to an activating group) is 1. The van der Waals surface area contributed by atoms with Gasteiger partial charge in [-0.05, 0) is 61.4 Å². The first-order valence-electron chi connectivity index (χ1n) is 8.21. The molecule has 122 valence electrons. The molecule has 0 aliphatic carbocycles. The number of hydrogen-bond donors (Lipinski definition) is 1. The van der Waals surface area contributed by atoms with Gasteiger partial charge in [0.05, 0.1) is 10.9 Å². The normalized spacial score (nSPS) is 24.8. The van der Waals surface area contributed by atoms with Crippen molar-refractivity contribution in [3.63, 3.8) is 0 Å². The van der Waals surface area contributed by atoms with Crippen molar-refractivity contribution < 1.29 is 8.42 Å². The third-order valence-corrected chi connectivity index (χ3v) is 7.13. The van der Waals surface area contributed by atoms with Crippen molar-refractivity contribution in [2.45, 2.75) is 44.8 Å². The summed E-state index contributed by atoms with van der Waals surface area (Å²) in [5.41, 5.74) is 4.67. The third kappa shape index (κ3) is 3.01. The molecule has 0 spiro atoms. The van der Waals surface area contributed by atoms with E-state index in [4.69, 9.17) is 0 Å². The lowest BCUT2D eigenvalue weighted by Crippen LogP contribution is -2.31. The van der Waals surface area contributed by atoms with Crippen LogP contribution in [0.5, 0.6) is 0 Å². The van der Waals surface area contributed by atoms with Crippen molar-refractivity contribution in [3.8, 4) is 0 Å². The number of benzene rings is 1. The molecule has 0 bridgehead atoms. The van der Waals surface area contributed by atoms with E-state index in [2.05, 4.69) is 28.8 Å². The van der Waals surface area contributed by atoms with Crippen LogP contribution in [0.15, 0.2) is 12.1 Å². The monoisotopic (exact) mass is 322 g/mol. The van der Waals surface area contributed by atoms with Gasteiger partial charge in [0.25, 0.3) is 0 Å². The molecular formula is C17H26N2O2S. The second-order valence-electron chi connectivity index (χ2n) is 7.05. The molecule has 1 atom stereocenters. The van der Waals surface area contributed by atoms with Gasteiger partial charge in [-0.25, -0.2) is 8.42 Å². The van der Waals surface area contributed by atoms with Crippen molar-refractivity contribution in [1.82, 2.24) is 4.90 Å². The van der Waals surface area contributed by atoms with Crippen LogP contribution in [-0.4, -0.2) is 38.7 Å². The lowest BCUT2D eigenvalue weighted by atomic mass is 9.95. The van der Waals surface area contributed by atoms with Gasteiger partial charge in [-0.15, -0.1) is 0 Å². The van der Waals surface area contributed by atoms with Gasteiger partial charge in [0.1, 0.15) is 0 Å². The van der Waals surface area contributed by atoms with Gasteiger partial charge in [-0.2, -0.15) is 0 Å². The number of nitrogens with zero attached hydrogens (tertiary/aromatic N) is 1. The van der Waals surface area contributed by atoms with Gasteiger partial charge in [0, 0.05) is 13.1 Å². The molecule has 0 aromatic heterocycles. The Balaban J connectivity index is 1.98. The molecule has 3 rings (SSSR count). The summed E-state index contributed by atoms with van der Waals surface area (Å²) in [6, 6.07) is 4.33. The Morgan fingerprint density at radius 3 is 2.36 bits per heavy atom. The fraction of sp³-hybridized carbons (Fsp3) is 0.647. The second-order valence-corrected chi connectivity index (χ2v) is 8.95. The summed E-state index contributed by atoms with van der Waals surface area (Å²) >= 11 is 0. The molecule has 0 fully saturated rings. The molecule has 0 amide bonds. The molecule has 5 heteroatoms. The summed E-state index contributed by atoms with van der Waals surface area (Å²) < 4.78 is 28.0. The predicted molar refractivity (Wildman–Crippen MR) is 90.8 cm³/mol. The van der Waals surface area contributed by atoms with Crippen molar-refractivity contribution in [1.29, 1.82) is 0 Å². The molecule has 22 heavy (non-hydrogen) atoms. The minimum atomic E-state index is -3.28. The molecular weight excluding hydrogens is 296 g/mol. The summed E-state index contributed by atoms with van der Waals surface area (Å²) in [4.78, 5) is 2.34. The largest absolute Gasteiger partial charge is 0.306 e. The highest BCUT2D eigenvalue weighted by atomic mass is 32.2. The Labute approximate surface area is 134 Å². The van der Waals surface area contributed by atoms with Gasteiger partial charge in [0.15, 0.2) is 0 Å². The highest BCUT2D eigenvalue weighted by Gasteiger charge is 2.32. The van der Waals surface area contributed by atoms with E-state index >= 15 is 0 Å². The first-order valence-corrected chi connectivity index (χ1v) is 9.76. The Bertz CT molecular complexity index is 667. The van der Waals surface area contributed by atoms with E-state index in [0.29, 0.717) is 6.42 Å². The van der Waals surface area contributed by atoms with Crippen LogP contribution in [0.1, 0.15) is 37.0 Å². The summed E-state index contributed by atoms with van der Waals surface area (Å²) in [5, 5.41) is -0.300. The number of hydrogen-bond acceptors (Lipinski definition) is 3. The molecule has 2 aliphatic rings. The first kappa shape index (κ1) is 15.8. The van der Waals surface area contributed by atoms with E-state index in [-0.39, 0.29) is 11.2 Å². The van der Waals surface area contributed by atoms with Crippen molar-refractivity contribution >= 4 is 15.7 Å². The maximum Gasteiger partial charge on any atom is 0.235 e. The lowest BCUT2D eigenvalue weighted by Gasteiger charge is -2.19. The van der Waals surface area contributed by atoms with Crippen molar-refractivity contribution in [2.75, 3.05) is 24.9 Å². The van der Waals surface area contributed by atoms with E-state index in [0.717, 1.165) is 43.6 Å². The topological polar surface area (TPSA) is 49.4 Å². The second kappa shape index (κ2) is 5.85. The standard InChI is InChI=1S/C17H26N2O2S/c1-12(2)17-5-4-15-10-13-6-8-19(3)9-7-14(13)11-16(15)18-22(17,20)21/h10-12,17-18H,4-9H2,1-3H3. The molecule has 4 nitrogen and oxygen atoms in total. The van der Waals surface area contributed by atoms with Crippen LogP contribution in [0.3, 0.4) is 0 Å². The molecule has 2 heterocycles.